The molecule has 0 aromatic heterocycles. The minimum absolute atomic E-state index is 0.0522. The fourth-order valence-corrected chi connectivity index (χ4v) is 3.13. The summed E-state index contributed by atoms with van der Waals surface area (Å²) < 4.78 is 0. The highest BCUT2D eigenvalue weighted by Crippen LogP contribution is 2.56. The quantitative estimate of drug-likeness (QED) is 0.691. The van der Waals surface area contributed by atoms with Crippen molar-refractivity contribution < 1.29 is 9.90 Å². The Labute approximate surface area is 85.1 Å². The van der Waals surface area contributed by atoms with E-state index in [9.17, 15) is 4.79 Å². The van der Waals surface area contributed by atoms with Gasteiger partial charge in [-0.3, -0.25) is 9.69 Å². The van der Waals surface area contributed by atoms with E-state index >= 15 is 0 Å². The third-order valence-corrected chi connectivity index (χ3v) is 3.83. The van der Waals surface area contributed by atoms with Crippen molar-refractivity contribution in [2.75, 3.05) is 6.54 Å². The van der Waals surface area contributed by atoms with Crippen LogP contribution in [0, 0.1) is 17.8 Å². The largest absolute Gasteiger partial charge is 0.481 e. The standard InChI is InChI=1S/C11H19NO2/c1-6-8-7(9(8)10(13)14)5-12(6)11(2,3)4/h6-9H,5H2,1-4H3,(H,13,14)/t6-,7-,8+,9+/m1/s1. The van der Waals surface area contributed by atoms with Crippen molar-refractivity contribution in [3.63, 3.8) is 0 Å². The van der Waals surface area contributed by atoms with Gasteiger partial charge >= 0.3 is 5.97 Å². The van der Waals surface area contributed by atoms with Gasteiger partial charge in [0.15, 0.2) is 0 Å². The molecule has 0 bridgehead atoms. The summed E-state index contributed by atoms with van der Waals surface area (Å²) in [6.45, 7) is 9.73. The molecular formula is C11H19NO2. The van der Waals surface area contributed by atoms with Crippen molar-refractivity contribution in [2.24, 2.45) is 17.8 Å². The van der Waals surface area contributed by atoms with Gasteiger partial charge in [0.25, 0.3) is 0 Å². The lowest BCUT2D eigenvalue weighted by atomic mass is 10.0. The van der Waals surface area contributed by atoms with Crippen LogP contribution < -0.4 is 0 Å². The SMILES string of the molecule is C[C@@H]1[C@H]2[C@@H](CN1C(C)(C)C)[C@@H]2C(=O)O. The molecule has 1 saturated carbocycles. The highest BCUT2D eigenvalue weighted by Gasteiger charge is 2.64. The zero-order valence-electron chi connectivity index (χ0n) is 9.32. The highest BCUT2D eigenvalue weighted by molar-refractivity contribution is 5.75. The molecule has 2 fully saturated rings. The monoisotopic (exact) mass is 197 g/mol. The van der Waals surface area contributed by atoms with E-state index in [1.165, 1.54) is 0 Å². The molecule has 3 nitrogen and oxygen atoms in total. The second kappa shape index (κ2) is 2.72. The predicted molar refractivity (Wildman–Crippen MR) is 54.0 cm³/mol. The molecule has 1 aliphatic carbocycles. The first-order valence-corrected chi connectivity index (χ1v) is 5.33. The van der Waals surface area contributed by atoms with Gasteiger partial charge in [-0.05, 0) is 39.5 Å². The molecule has 2 rings (SSSR count). The summed E-state index contributed by atoms with van der Waals surface area (Å²) in [5.41, 5.74) is 0.176. The number of fused-ring (bicyclic) bond motifs is 1. The molecule has 80 valence electrons. The molecule has 14 heavy (non-hydrogen) atoms. The van der Waals surface area contributed by atoms with E-state index in [1.54, 1.807) is 0 Å². The zero-order valence-corrected chi connectivity index (χ0v) is 9.32. The van der Waals surface area contributed by atoms with Crippen LogP contribution in [0.4, 0.5) is 0 Å². The van der Waals surface area contributed by atoms with Gasteiger partial charge in [-0.1, -0.05) is 0 Å². The molecule has 0 aromatic rings. The number of nitrogens with zero attached hydrogens (tertiary/aromatic N) is 1. The summed E-state index contributed by atoms with van der Waals surface area (Å²) in [6, 6.07) is 0.432. The summed E-state index contributed by atoms with van der Waals surface area (Å²) in [5, 5.41) is 8.95. The van der Waals surface area contributed by atoms with Crippen LogP contribution in [-0.4, -0.2) is 34.1 Å². The minimum Gasteiger partial charge on any atom is -0.481 e. The van der Waals surface area contributed by atoms with Crippen molar-refractivity contribution in [1.82, 2.24) is 4.90 Å². The number of hydrogen-bond acceptors (Lipinski definition) is 2. The lowest BCUT2D eigenvalue weighted by Gasteiger charge is -2.37. The molecular weight excluding hydrogens is 178 g/mol. The average Bonchev–Trinajstić information content (AvgIpc) is 2.62. The maximum atomic E-state index is 10.9. The molecule has 1 saturated heterocycles. The maximum absolute atomic E-state index is 10.9. The van der Waals surface area contributed by atoms with Crippen LogP contribution >= 0.6 is 0 Å². The number of carbonyl (C=O) groups is 1. The van der Waals surface area contributed by atoms with Gasteiger partial charge in [0.05, 0.1) is 5.92 Å². The van der Waals surface area contributed by atoms with Gasteiger partial charge in [0, 0.05) is 18.1 Å². The number of piperidine rings is 1. The van der Waals surface area contributed by atoms with Crippen molar-refractivity contribution in [3.05, 3.63) is 0 Å². The van der Waals surface area contributed by atoms with Crippen molar-refractivity contribution in [2.45, 2.75) is 39.3 Å². The molecule has 0 amide bonds. The Morgan fingerprint density at radius 1 is 1.43 bits per heavy atom. The predicted octanol–water partition coefficient (Wildman–Crippen LogP) is 1.44. The molecule has 0 unspecified atom stereocenters. The lowest BCUT2D eigenvalue weighted by molar-refractivity contribution is -0.140. The third kappa shape index (κ3) is 1.26. The van der Waals surface area contributed by atoms with E-state index < -0.39 is 5.97 Å². The van der Waals surface area contributed by atoms with Gasteiger partial charge in [0.1, 0.15) is 0 Å². The van der Waals surface area contributed by atoms with E-state index in [-0.39, 0.29) is 11.5 Å². The van der Waals surface area contributed by atoms with E-state index in [4.69, 9.17) is 5.11 Å². The van der Waals surface area contributed by atoms with Crippen LogP contribution in [0.2, 0.25) is 0 Å². The topological polar surface area (TPSA) is 40.5 Å². The second-order valence-electron chi connectivity index (χ2n) is 5.67. The Bertz CT molecular complexity index is 269. The fraction of sp³-hybridized carbons (Fsp3) is 0.909. The number of likely N-dealkylation sites (tertiary alicyclic amines) is 1. The second-order valence-corrected chi connectivity index (χ2v) is 5.67. The fourth-order valence-electron chi connectivity index (χ4n) is 3.13. The van der Waals surface area contributed by atoms with Gasteiger partial charge < -0.3 is 5.11 Å². The number of carboxylic acids is 1. The summed E-state index contributed by atoms with van der Waals surface area (Å²) in [4.78, 5) is 13.3. The van der Waals surface area contributed by atoms with E-state index in [1.807, 2.05) is 0 Å². The molecule has 0 radical (unpaired) electrons. The molecule has 1 heterocycles. The van der Waals surface area contributed by atoms with Crippen LogP contribution in [0.25, 0.3) is 0 Å². The number of carboxylic acid groups (broad SMARTS) is 1. The Morgan fingerprint density at radius 3 is 2.29 bits per heavy atom. The third-order valence-electron chi connectivity index (χ3n) is 3.83. The first-order valence-electron chi connectivity index (χ1n) is 5.33. The molecule has 4 atom stereocenters. The Hall–Kier alpha value is -0.570. The number of rotatable bonds is 1. The van der Waals surface area contributed by atoms with Crippen LogP contribution in [0.3, 0.4) is 0 Å². The van der Waals surface area contributed by atoms with Gasteiger partial charge in [-0.15, -0.1) is 0 Å². The van der Waals surface area contributed by atoms with E-state index in [0.717, 1.165) is 6.54 Å². The first-order chi connectivity index (χ1) is 6.34. The molecule has 2 aliphatic rings. The zero-order chi connectivity index (χ0) is 10.7. The molecule has 3 heteroatoms. The number of aliphatic carboxylic acids is 1. The van der Waals surface area contributed by atoms with Crippen LogP contribution in [0.1, 0.15) is 27.7 Å². The Kier molecular flexibility index (Phi) is 1.94. The van der Waals surface area contributed by atoms with Crippen molar-refractivity contribution >= 4 is 5.97 Å². The van der Waals surface area contributed by atoms with Crippen LogP contribution in [0.15, 0.2) is 0 Å². The van der Waals surface area contributed by atoms with Crippen molar-refractivity contribution in [1.29, 1.82) is 0 Å². The summed E-state index contributed by atoms with van der Waals surface area (Å²) in [7, 11) is 0. The summed E-state index contributed by atoms with van der Waals surface area (Å²) in [6.07, 6.45) is 0. The van der Waals surface area contributed by atoms with E-state index in [2.05, 4.69) is 32.6 Å². The highest BCUT2D eigenvalue weighted by atomic mass is 16.4. The normalized spacial score (nSPS) is 42.3. The van der Waals surface area contributed by atoms with Gasteiger partial charge in [-0.2, -0.15) is 0 Å². The Balaban J connectivity index is 2.05. The smallest absolute Gasteiger partial charge is 0.307 e. The number of hydrogen-bond donors (Lipinski definition) is 1. The Morgan fingerprint density at radius 2 is 2.00 bits per heavy atom. The summed E-state index contributed by atoms with van der Waals surface area (Å²) >= 11 is 0. The molecule has 0 spiro atoms. The van der Waals surface area contributed by atoms with Crippen LogP contribution in [-0.2, 0) is 4.79 Å². The molecule has 1 aliphatic heterocycles. The minimum atomic E-state index is -0.597. The van der Waals surface area contributed by atoms with Crippen LogP contribution in [0.5, 0.6) is 0 Å². The summed E-state index contributed by atoms with van der Waals surface area (Å²) in [5.74, 6) is 0.178. The van der Waals surface area contributed by atoms with Gasteiger partial charge in [-0.25, -0.2) is 0 Å². The first kappa shape index (κ1) is 9.97. The average molecular weight is 197 g/mol. The van der Waals surface area contributed by atoms with E-state index in [0.29, 0.717) is 17.9 Å². The maximum Gasteiger partial charge on any atom is 0.307 e. The molecule has 1 N–H and O–H groups in total. The van der Waals surface area contributed by atoms with Gasteiger partial charge in [0.2, 0.25) is 0 Å². The molecule has 0 aromatic carbocycles. The lowest BCUT2D eigenvalue weighted by Crippen LogP contribution is -2.46. The van der Waals surface area contributed by atoms with Crippen molar-refractivity contribution in [3.8, 4) is 0 Å².